The molecule has 0 fully saturated rings. The van der Waals surface area contributed by atoms with E-state index < -0.39 is 0 Å². The fraction of sp³-hybridized carbons (Fsp3) is 0.0714. The lowest BCUT2D eigenvalue weighted by Gasteiger charge is -2.12. The fourth-order valence-corrected chi connectivity index (χ4v) is 4.31. The second-order valence-electron chi connectivity index (χ2n) is 8.01. The SMILES string of the molecule is Cc1cnc2c(Cc3nc(-c4ccccc4)c4ccc5ccccc5c4n3)cccc2n1. The molecular formula is C28H20N4. The van der Waals surface area contributed by atoms with E-state index in [0.717, 1.165) is 55.7 Å². The van der Waals surface area contributed by atoms with Gasteiger partial charge < -0.3 is 0 Å². The Morgan fingerprint density at radius 2 is 1.50 bits per heavy atom. The number of hydrogen-bond acceptors (Lipinski definition) is 4. The zero-order chi connectivity index (χ0) is 21.5. The lowest BCUT2D eigenvalue weighted by molar-refractivity contribution is 0.999. The summed E-state index contributed by atoms with van der Waals surface area (Å²) in [6, 6.07) is 29.1. The minimum Gasteiger partial charge on any atom is -0.252 e. The Kier molecular flexibility index (Phi) is 4.36. The van der Waals surface area contributed by atoms with Gasteiger partial charge in [-0.3, -0.25) is 4.98 Å². The van der Waals surface area contributed by atoms with Gasteiger partial charge in [0.15, 0.2) is 0 Å². The van der Waals surface area contributed by atoms with Crippen molar-refractivity contribution in [2.24, 2.45) is 0 Å². The van der Waals surface area contributed by atoms with Gasteiger partial charge in [0.25, 0.3) is 0 Å². The van der Waals surface area contributed by atoms with Crippen LogP contribution in [0.25, 0.3) is 44.0 Å². The summed E-state index contributed by atoms with van der Waals surface area (Å²) in [6.45, 7) is 1.96. The number of benzene rings is 4. The van der Waals surface area contributed by atoms with E-state index in [1.165, 1.54) is 5.39 Å². The molecule has 152 valence electrons. The minimum atomic E-state index is 0.591. The van der Waals surface area contributed by atoms with Crippen molar-refractivity contribution in [2.75, 3.05) is 0 Å². The molecule has 0 spiro atoms. The first kappa shape index (κ1) is 18.6. The molecule has 6 aromatic rings. The average Bonchev–Trinajstić information content (AvgIpc) is 2.84. The van der Waals surface area contributed by atoms with Crippen molar-refractivity contribution in [3.05, 3.63) is 108 Å². The predicted octanol–water partition coefficient (Wildman–Crippen LogP) is 6.29. The van der Waals surface area contributed by atoms with Crippen molar-refractivity contribution in [1.82, 2.24) is 19.9 Å². The Morgan fingerprint density at radius 3 is 2.41 bits per heavy atom. The molecule has 0 radical (unpaired) electrons. The topological polar surface area (TPSA) is 51.6 Å². The number of para-hydroxylation sites is 1. The highest BCUT2D eigenvalue weighted by atomic mass is 14.9. The molecule has 32 heavy (non-hydrogen) atoms. The summed E-state index contributed by atoms with van der Waals surface area (Å²) in [6.07, 6.45) is 2.41. The zero-order valence-electron chi connectivity index (χ0n) is 17.7. The Labute approximate surface area is 185 Å². The van der Waals surface area contributed by atoms with E-state index in [9.17, 15) is 0 Å². The van der Waals surface area contributed by atoms with Crippen LogP contribution in [0.4, 0.5) is 0 Å². The van der Waals surface area contributed by atoms with Crippen LogP contribution in [-0.4, -0.2) is 19.9 Å². The summed E-state index contributed by atoms with van der Waals surface area (Å²) in [5.41, 5.74) is 6.82. The second kappa shape index (κ2) is 7.50. The summed E-state index contributed by atoms with van der Waals surface area (Å²) in [4.78, 5) is 19.4. The molecule has 0 amide bonds. The summed E-state index contributed by atoms with van der Waals surface area (Å²) in [5.74, 6) is 0.780. The average molecular weight is 412 g/mol. The standard InChI is InChI=1S/C28H20N4/c1-18-17-29-27-21(11-7-13-24(27)30-18)16-25-31-26(20-9-3-2-4-10-20)23-15-14-19-8-5-6-12-22(19)28(23)32-25/h2-15,17H,16H2,1H3. The first-order valence-electron chi connectivity index (χ1n) is 10.7. The van der Waals surface area contributed by atoms with Crippen molar-refractivity contribution >= 4 is 32.7 Å². The van der Waals surface area contributed by atoms with Crippen molar-refractivity contribution in [3.63, 3.8) is 0 Å². The van der Waals surface area contributed by atoms with Crippen molar-refractivity contribution < 1.29 is 0 Å². The molecule has 0 N–H and O–H groups in total. The van der Waals surface area contributed by atoms with E-state index in [4.69, 9.17) is 9.97 Å². The molecular weight excluding hydrogens is 392 g/mol. The summed E-state index contributed by atoms with van der Waals surface area (Å²) < 4.78 is 0. The Bertz CT molecular complexity index is 1610. The Morgan fingerprint density at radius 1 is 0.656 bits per heavy atom. The normalized spacial score (nSPS) is 11.4. The van der Waals surface area contributed by atoms with Gasteiger partial charge in [-0.1, -0.05) is 72.8 Å². The van der Waals surface area contributed by atoms with Gasteiger partial charge in [-0.2, -0.15) is 0 Å². The van der Waals surface area contributed by atoms with Gasteiger partial charge in [0.05, 0.1) is 27.9 Å². The van der Waals surface area contributed by atoms with E-state index in [-0.39, 0.29) is 0 Å². The van der Waals surface area contributed by atoms with E-state index >= 15 is 0 Å². The highest BCUT2D eigenvalue weighted by Gasteiger charge is 2.14. The lowest BCUT2D eigenvalue weighted by Crippen LogP contribution is -2.02. The molecule has 0 atom stereocenters. The third-order valence-electron chi connectivity index (χ3n) is 5.81. The van der Waals surface area contributed by atoms with Gasteiger partial charge in [-0.05, 0) is 30.0 Å². The van der Waals surface area contributed by atoms with E-state index in [2.05, 4.69) is 64.6 Å². The summed E-state index contributed by atoms with van der Waals surface area (Å²) in [5, 5.41) is 3.38. The van der Waals surface area contributed by atoms with Gasteiger partial charge in [0.2, 0.25) is 0 Å². The van der Waals surface area contributed by atoms with Crippen LogP contribution in [0, 0.1) is 6.92 Å². The maximum atomic E-state index is 5.05. The van der Waals surface area contributed by atoms with Crippen LogP contribution in [0.5, 0.6) is 0 Å². The number of aryl methyl sites for hydroxylation is 1. The molecule has 0 aliphatic carbocycles. The molecule has 4 aromatic carbocycles. The van der Waals surface area contributed by atoms with Crippen LogP contribution in [-0.2, 0) is 6.42 Å². The number of fused-ring (bicyclic) bond motifs is 4. The molecule has 2 heterocycles. The predicted molar refractivity (Wildman–Crippen MR) is 130 cm³/mol. The molecule has 0 aliphatic heterocycles. The van der Waals surface area contributed by atoms with Crippen LogP contribution >= 0.6 is 0 Å². The third-order valence-corrected chi connectivity index (χ3v) is 5.81. The van der Waals surface area contributed by atoms with Crippen LogP contribution < -0.4 is 0 Å². The largest absolute Gasteiger partial charge is 0.252 e. The van der Waals surface area contributed by atoms with Crippen LogP contribution in [0.1, 0.15) is 17.1 Å². The van der Waals surface area contributed by atoms with Crippen molar-refractivity contribution in [3.8, 4) is 11.3 Å². The molecule has 0 aliphatic rings. The first-order valence-corrected chi connectivity index (χ1v) is 10.7. The van der Waals surface area contributed by atoms with Crippen LogP contribution in [0.15, 0.2) is 91.1 Å². The van der Waals surface area contributed by atoms with Gasteiger partial charge in [-0.25, -0.2) is 15.0 Å². The molecule has 4 heteroatoms. The van der Waals surface area contributed by atoms with E-state index in [1.807, 2.05) is 43.5 Å². The number of nitrogens with zero attached hydrogens (tertiary/aromatic N) is 4. The molecule has 0 bridgehead atoms. The maximum Gasteiger partial charge on any atom is 0.134 e. The fourth-order valence-electron chi connectivity index (χ4n) is 4.31. The number of aromatic nitrogens is 4. The Hall–Kier alpha value is -4.18. The summed E-state index contributed by atoms with van der Waals surface area (Å²) in [7, 11) is 0. The van der Waals surface area contributed by atoms with Gasteiger partial charge in [-0.15, -0.1) is 0 Å². The minimum absolute atomic E-state index is 0.591. The molecule has 6 rings (SSSR count). The smallest absolute Gasteiger partial charge is 0.134 e. The molecule has 4 nitrogen and oxygen atoms in total. The zero-order valence-corrected chi connectivity index (χ0v) is 17.7. The second-order valence-corrected chi connectivity index (χ2v) is 8.01. The highest BCUT2D eigenvalue weighted by molar-refractivity contribution is 6.09. The van der Waals surface area contributed by atoms with Gasteiger partial charge in [0.1, 0.15) is 5.82 Å². The lowest BCUT2D eigenvalue weighted by atomic mass is 10.0. The molecule has 0 saturated carbocycles. The quantitative estimate of drug-likeness (QED) is 0.320. The van der Waals surface area contributed by atoms with Crippen LogP contribution in [0.2, 0.25) is 0 Å². The molecule has 0 saturated heterocycles. The van der Waals surface area contributed by atoms with Crippen molar-refractivity contribution in [2.45, 2.75) is 13.3 Å². The third kappa shape index (κ3) is 3.17. The number of rotatable bonds is 3. The van der Waals surface area contributed by atoms with Crippen molar-refractivity contribution in [1.29, 1.82) is 0 Å². The van der Waals surface area contributed by atoms with Gasteiger partial charge >= 0.3 is 0 Å². The van der Waals surface area contributed by atoms with Crippen LogP contribution in [0.3, 0.4) is 0 Å². The van der Waals surface area contributed by atoms with Gasteiger partial charge in [0, 0.05) is 29.0 Å². The van der Waals surface area contributed by atoms with E-state index in [0.29, 0.717) is 6.42 Å². The summed E-state index contributed by atoms with van der Waals surface area (Å²) >= 11 is 0. The number of hydrogen-bond donors (Lipinski definition) is 0. The monoisotopic (exact) mass is 412 g/mol. The highest BCUT2D eigenvalue weighted by Crippen LogP contribution is 2.31. The first-order chi connectivity index (χ1) is 15.8. The molecule has 0 unspecified atom stereocenters. The Balaban J connectivity index is 1.60. The maximum absolute atomic E-state index is 5.05. The van der Waals surface area contributed by atoms with E-state index in [1.54, 1.807) is 0 Å². The molecule has 2 aromatic heterocycles.